The first-order valence-electron chi connectivity index (χ1n) is 11.9. The molecule has 1 unspecified atom stereocenters. The van der Waals surface area contributed by atoms with Crippen molar-refractivity contribution in [1.29, 1.82) is 0 Å². The predicted octanol–water partition coefficient (Wildman–Crippen LogP) is 4.86. The van der Waals surface area contributed by atoms with Crippen LogP contribution in [0, 0.1) is 0 Å². The highest BCUT2D eigenvalue weighted by Crippen LogP contribution is 2.37. The molecule has 2 amide bonds. The molecule has 2 aliphatic heterocycles. The third kappa shape index (κ3) is 4.13. The molecule has 2 aromatic heterocycles. The summed E-state index contributed by atoms with van der Waals surface area (Å²) in [6, 6.07) is 20.1. The summed E-state index contributed by atoms with van der Waals surface area (Å²) in [4.78, 5) is 29.3. The molecule has 1 atom stereocenters. The molecule has 0 spiro atoms. The van der Waals surface area contributed by atoms with Gasteiger partial charge in [-0.3, -0.25) is 9.59 Å². The Morgan fingerprint density at radius 2 is 1.76 bits per heavy atom. The van der Waals surface area contributed by atoms with Crippen LogP contribution in [0.5, 0.6) is 11.5 Å². The lowest BCUT2D eigenvalue weighted by Crippen LogP contribution is -2.63. The van der Waals surface area contributed by atoms with E-state index in [-0.39, 0.29) is 31.7 Å². The van der Waals surface area contributed by atoms with Crippen LogP contribution in [0.15, 0.2) is 77.4 Å². The standard InChI is InChI=1S/C28H24ClN3O5/c1-28(27(34)30-14-18-4-7-20(29)8-5-18)16-31-21(23-3-2-12-35-23)9-10-22(31)26(33)32(28)15-19-6-11-24-25(13-19)37-17-36-24/h2-13H,14-17H2,1H3,(H,30,34). The molecule has 8 nitrogen and oxygen atoms in total. The number of aromatic nitrogens is 1. The normalized spacial score (nSPS) is 18.1. The number of benzene rings is 2. The molecule has 0 saturated carbocycles. The minimum absolute atomic E-state index is 0.162. The van der Waals surface area contributed by atoms with E-state index < -0.39 is 5.54 Å². The van der Waals surface area contributed by atoms with Gasteiger partial charge < -0.3 is 28.7 Å². The van der Waals surface area contributed by atoms with E-state index in [1.807, 2.05) is 47.0 Å². The van der Waals surface area contributed by atoms with E-state index in [1.165, 1.54) is 0 Å². The maximum Gasteiger partial charge on any atom is 0.271 e. The van der Waals surface area contributed by atoms with Crippen LogP contribution in [0.1, 0.15) is 28.5 Å². The summed E-state index contributed by atoms with van der Waals surface area (Å²) < 4.78 is 18.4. The Morgan fingerprint density at radius 3 is 2.54 bits per heavy atom. The van der Waals surface area contributed by atoms with Gasteiger partial charge in [-0.15, -0.1) is 0 Å². The molecule has 0 radical (unpaired) electrons. The lowest BCUT2D eigenvalue weighted by Gasteiger charge is -2.44. The highest BCUT2D eigenvalue weighted by atomic mass is 35.5. The third-order valence-electron chi connectivity index (χ3n) is 6.91. The highest BCUT2D eigenvalue weighted by Gasteiger charge is 2.48. The van der Waals surface area contributed by atoms with Crippen LogP contribution >= 0.6 is 11.6 Å². The van der Waals surface area contributed by atoms with Gasteiger partial charge >= 0.3 is 0 Å². The summed E-state index contributed by atoms with van der Waals surface area (Å²) >= 11 is 6.00. The minimum Gasteiger partial charge on any atom is -0.463 e. The maximum absolute atomic E-state index is 13.9. The number of fused-ring (bicyclic) bond motifs is 2. The summed E-state index contributed by atoms with van der Waals surface area (Å²) in [5.74, 6) is 1.41. The average Bonchev–Trinajstić information content (AvgIpc) is 3.66. The summed E-state index contributed by atoms with van der Waals surface area (Å²) in [5.41, 5.74) is 1.79. The molecule has 6 rings (SSSR count). The molecule has 1 N–H and O–H groups in total. The number of rotatable bonds is 6. The Morgan fingerprint density at radius 1 is 1.00 bits per heavy atom. The van der Waals surface area contributed by atoms with E-state index in [9.17, 15) is 9.59 Å². The Bertz CT molecular complexity index is 1480. The van der Waals surface area contributed by atoms with Crippen LogP contribution in [0.2, 0.25) is 5.02 Å². The van der Waals surface area contributed by atoms with Gasteiger partial charge in [0.15, 0.2) is 11.5 Å². The molecule has 0 fully saturated rings. The zero-order valence-corrected chi connectivity index (χ0v) is 20.8. The molecular formula is C28H24ClN3O5. The molecule has 37 heavy (non-hydrogen) atoms. The number of amides is 2. The van der Waals surface area contributed by atoms with Crippen molar-refractivity contribution in [1.82, 2.24) is 14.8 Å². The van der Waals surface area contributed by atoms with Gasteiger partial charge in [-0.05, 0) is 66.6 Å². The molecule has 2 aliphatic rings. The Labute approximate surface area is 218 Å². The fourth-order valence-electron chi connectivity index (χ4n) is 4.86. The first-order chi connectivity index (χ1) is 17.9. The molecule has 4 heterocycles. The topological polar surface area (TPSA) is 85.9 Å². The fourth-order valence-corrected chi connectivity index (χ4v) is 4.98. The summed E-state index contributed by atoms with van der Waals surface area (Å²) in [6.07, 6.45) is 1.59. The molecule has 9 heteroatoms. The first kappa shape index (κ1) is 23.2. The maximum atomic E-state index is 13.9. The van der Waals surface area contributed by atoms with Gasteiger partial charge in [-0.2, -0.15) is 0 Å². The van der Waals surface area contributed by atoms with Crippen molar-refractivity contribution in [3.8, 4) is 23.0 Å². The van der Waals surface area contributed by atoms with Crippen LogP contribution in [0.3, 0.4) is 0 Å². The smallest absolute Gasteiger partial charge is 0.271 e. The Balaban J connectivity index is 1.35. The minimum atomic E-state index is -1.19. The van der Waals surface area contributed by atoms with Gasteiger partial charge in [0, 0.05) is 18.1 Å². The van der Waals surface area contributed by atoms with Crippen molar-refractivity contribution >= 4 is 23.4 Å². The molecule has 0 aliphatic carbocycles. The first-order valence-corrected chi connectivity index (χ1v) is 12.3. The predicted molar refractivity (Wildman–Crippen MR) is 136 cm³/mol. The number of carbonyl (C=O) groups excluding carboxylic acids is 2. The average molecular weight is 518 g/mol. The number of hydrogen-bond acceptors (Lipinski definition) is 5. The largest absolute Gasteiger partial charge is 0.463 e. The van der Waals surface area contributed by atoms with Gasteiger partial charge in [-0.1, -0.05) is 29.8 Å². The molecule has 0 bridgehead atoms. The number of halogens is 1. The van der Waals surface area contributed by atoms with E-state index in [2.05, 4.69) is 5.32 Å². The number of hydrogen-bond donors (Lipinski definition) is 1. The van der Waals surface area contributed by atoms with E-state index >= 15 is 0 Å². The fraction of sp³-hybridized carbons (Fsp3) is 0.214. The number of nitrogens with one attached hydrogen (secondary N) is 1. The quantitative estimate of drug-likeness (QED) is 0.395. The van der Waals surface area contributed by atoms with Crippen LogP contribution in [0.4, 0.5) is 0 Å². The van der Waals surface area contributed by atoms with E-state index in [1.54, 1.807) is 42.4 Å². The van der Waals surface area contributed by atoms with Gasteiger partial charge in [-0.25, -0.2) is 0 Å². The Hall–Kier alpha value is -4.17. The molecular weight excluding hydrogens is 494 g/mol. The van der Waals surface area contributed by atoms with Crippen LogP contribution in [-0.2, 0) is 24.4 Å². The molecule has 4 aromatic rings. The summed E-state index contributed by atoms with van der Waals surface area (Å²) in [7, 11) is 0. The van der Waals surface area contributed by atoms with Crippen LogP contribution in [0.25, 0.3) is 11.5 Å². The van der Waals surface area contributed by atoms with E-state index in [0.29, 0.717) is 34.5 Å². The second-order valence-corrected chi connectivity index (χ2v) is 9.77. The monoisotopic (exact) mass is 517 g/mol. The second-order valence-electron chi connectivity index (χ2n) is 9.33. The van der Waals surface area contributed by atoms with Crippen molar-refractivity contribution in [2.75, 3.05) is 6.79 Å². The van der Waals surface area contributed by atoms with Gasteiger partial charge in [0.05, 0.1) is 18.5 Å². The molecule has 188 valence electrons. The Kier molecular flexibility index (Phi) is 5.68. The number of carbonyl (C=O) groups is 2. The van der Waals surface area contributed by atoms with Crippen LogP contribution in [-0.4, -0.2) is 33.6 Å². The lowest BCUT2D eigenvalue weighted by atomic mass is 9.93. The number of furan rings is 1. The van der Waals surface area contributed by atoms with E-state index in [0.717, 1.165) is 16.8 Å². The van der Waals surface area contributed by atoms with Gasteiger partial charge in [0.1, 0.15) is 17.0 Å². The lowest BCUT2D eigenvalue weighted by molar-refractivity contribution is -0.133. The SMILES string of the molecule is CC1(C(=O)NCc2ccc(Cl)cc2)Cn2c(ccc2-c2ccco2)C(=O)N1Cc1ccc2c(c1)OCO2. The van der Waals surface area contributed by atoms with Crippen molar-refractivity contribution in [3.63, 3.8) is 0 Å². The second kappa shape index (κ2) is 9.05. The molecule has 2 aromatic carbocycles. The van der Waals surface area contributed by atoms with Crippen molar-refractivity contribution in [2.45, 2.75) is 32.1 Å². The third-order valence-corrected chi connectivity index (χ3v) is 7.17. The zero-order chi connectivity index (χ0) is 25.6. The van der Waals surface area contributed by atoms with E-state index in [4.69, 9.17) is 25.5 Å². The van der Waals surface area contributed by atoms with Crippen LogP contribution < -0.4 is 14.8 Å². The molecule has 0 saturated heterocycles. The summed E-state index contributed by atoms with van der Waals surface area (Å²) in [5, 5.41) is 3.65. The number of ether oxygens (including phenoxy) is 2. The van der Waals surface area contributed by atoms with Gasteiger partial charge in [0.2, 0.25) is 12.7 Å². The number of nitrogens with zero attached hydrogens (tertiary/aromatic N) is 2. The highest BCUT2D eigenvalue weighted by molar-refractivity contribution is 6.30. The van der Waals surface area contributed by atoms with Crippen molar-refractivity contribution < 1.29 is 23.5 Å². The van der Waals surface area contributed by atoms with Crippen molar-refractivity contribution in [2.24, 2.45) is 0 Å². The zero-order valence-electron chi connectivity index (χ0n) is 20.1. The summed E-state index contributed by atoms with van der Waals surface area (Å²) in [6.45, 7) is 2.75. The van der Waals surface area contributed by atoms with Gasteiger partial charge in [0.25, 0.3) is 5.91 Å². The van der Waals surface area contributed by atoms with Crippen molar-refractivity contribution in [3.05, 3.63) is 94.8 Å².